The summed E-state index contributed by atoms with van der Waals surface area (Å²) in [4.78, 5) is 29.7. The highest BCUT2D eigenvalue weighted by atomic mass is 19.4. The molecular formula is C27H23F3N2O3. The zero-order chi connectivity index (χ0) is 25.0. The van der Waals surface area contributed by atoms with Crippen LogP contribution in [0.15, 0.2) is 89.9 Å². The lowest BCUT2D eigenvalue weighted by Crippen LogP contribution is -2.43. The first-order valence-electron chi connectivity index (χ1n) is 11.0. The molecule has 0 fully saturated rings. The Hall–Kier alpha value is -3.94. The molecule has 0 bridgehead atoms. The van der Waals surface area contributed by atoms with E-state index >= 15 is 0 Å². The fraction of sp³-hybridized carbons (Fsp3) is 0.222. The number of rotatable bonds is 3. The van der Waals surface area contributed by atoms with Crippen molar-refractivity contribution in [3.05, 3.63) is 107 Å². The van der Waals surface area contributed by atoms with Crippen LogP contribution in [0.4, 0.5) is 13.2 Å². The van der Waals surface area contributed by atoms with Crippen LogP contribution in [0.5, 0.6) is 0 Å². The van der Waals surface area contributed by atoms with Crippen LogP contribution in [0.1, 0.15) is 28.4 Å². The molecule has 2 unspecified atom stereocenters. The molecule has 5 rings (SSSR count). The standard InChI is InChI=1S/C20H15F3N2O3.C7H8/c21-20(22,23)15(26)11-25-10-13-8-4-5-9-14(13)17-16(19(25)27)24-18(28-17)12-6-2-1-3-7-12;1-7-5-3-2-4-6-7/h1-9,16-17H,10-11H2;2-6H,1H3. The van der Waals surface area contributed by atoms with Gasteiger partial charge in [0.25, 0.3) is 11.7 Å². The summed E-state index contributed by atoms with van der Waals surface area (Å²) < 4.78 is 44.2. The van der Waals surface area contributed by atoms with Crippen LogP contribution in [0, 0.1) is 6.92 Å². The molecule has 180 valence electrons. The summed E-state index contributed by atoms with van der Waals surface area (Å²) >= 11 is 0. The Morgan fingerprint density at radius 3 is 2.17 bits per heavy atom. The number of ketones is 1. The van der Waals surface area contributed by atoms with Crippen molar-refractivity contribution in [1.29, 1.82) is 0 Å². The molecule has 2 aliphatic rings. The number of benzene rings is 3. The molecule has 8 heteroatoms. The maximum absolute atomic E-state index is 13.0. The maximum atomic E-state index is 13.0. The first kappa shape index (κ1) is 24.2. The Morgan fingerprint density at radius 2 is 1.57 bits per heavy atom. The van der Waals surface area contributed by atoms with Crippen molar-refractivity contribution in [2.45, 2.75) is 31.8 Å². The Bertz CT molecular complexity index is 1230. The van der Waals surface area contributed by atoms with Gasteiger partial charge in [0.15, 0.2) is 12.1 Å². The summed E-state index contributed by atoms with van der Waals surface area (Å²) in [7, 11) is 0. The molecule has 0 saturated carbocycles. The second-order valence-electron chi connectivity index (χ2n) is 8.25. The van der Waals surface area contributed by atoms with Gasteiger partial charge in [0.2, 0.25) is 5.90 Å². The minimum Gasteiger partial charge on any atom is -0.466 e. The van der Waals surface area contributed by atoms with E-state index in [9.17, 15) is 22.8 Å². The lowest BCUT2D eigenvalue weighted by atomic mass is 9.99. The first-order valence-corrected chi connectivity index (χ1v) is 11.0. The van der Waals surface area contributed by atoms with E-state index in [0.717, 1.165) is 4.90 Å². The largest absolute Gasteiger partial charge is 0.466 e. The van der Waals surface area contributed by atoms with E-state index in [2.05, 4.69) is 24.0 Å². The van der Waals surface area contributed by atoms with Gasteiger partial charge >= 0.3 is 6.18 Å². The Kier molecular flexibility index (Phi) is 7.00. The zero-order valence-corrected chi connectivity index (χ0v) is 18.9. The lowest BCUT2D eigenvalue weighted by molar-refractivity contribution is -0.173. The Morgan fingerprint density at radius 1 is 0.971 bits per heavy atom. The minimum absolute atomic E-state index is 0.108. The summed E-state index contributed by atoms with van der Waals surface area (Å²) in [6.07, 6.45) is -5.75. The van der Waals surface area contributed by atoms with E-state index in [0.29, 0.717) is 16.7 Å². The predicted octanol–water partition coefficient (Wildman–Crippen LogP) is 5.04. The van der Waals surface area contributed by atoms with Crippen molar-refractivity contribution < 1.29 is 27.5 Å². The highest BCUT2D eigenvalue weighted by Gasteiger charge is 2.46. The summed E-state index contributed by atoms with van der Waals surface area (Å²) in [6, 6.07) is 25.1. The monoisotopic (exact) mass is 480 g/mol. The second-order valence-corrected chi connectivity index (χ2v) is 8.25. The van der Waals surface area contributed by atoms with Gasteiger partial charge in [-0.05, 0) is 24.6 Å². The van der Waals surface area contributed by atoms with Crippen LogP contribution in [0.2, 0.25) is 0 Å². The van der Waals surface area contributed by atoms with E-state index < -0.39 is 36.6 Å². The molecule has 0 aliphatic carbocycles. The Balaban J connectivity index is 0.000000356. The molecule has 0 saturated heterocycles. The fourth-order valence-electron chi connectivity index (χ4n) is 3.91. The molecule has 0 spiro atoms. The lowest BCUT2D eigenvalue weighted by Gasteiger charge is -2.22. The van der Waals surface area contributed by atoms with Gasteiger partial charge in [0, 0.05) is 17.7 Å². The highest BCUT2D eigenvalue weighted by Crippen LogP contribution is 2.37. The summed E-state index contributed by atoms with van der Waals surface area (Å²) in [5.41, 5.74) is 3.29. The summed E-state index contributed by atoms with van der Waals surface area (Å²) in [6.45, 7) is 0.930. The molecule has 35 heavy (non-hydrogen) atoms. The normalized spacial score (nSPS) is 18.8. The third kappa shape index (κ3) is 5.59. The molecule has 0 aromatic heterocycles. The van der Waals surface area contributed by atoms with Gasteiger partial charge in [0.05, 0.1) is 6.54 Å². The fourth-order valence-corrected chi connectivity index (χ4v) is 3.91. The molecule has 5 nitrogen and oxygen atoms in total. The van der Waals surface area contributed by atoms with Crippen LogP contribution >= 0.6 is 0 Å². The van der Waals surface area contributed by atoms with Crippen LogP contribution < -0.4 is 0 Å². The molecule has 1 amide bonds. The SMILES string of the molecule is Cc1ccccc1.O=C1C2N=C(c3ccccc3)OC2c2ccccc2CN1CC(=O)C(F)(F)F. The third-order valence-electron chi connectivity index (χ3n) is 5.68. The quantitative estimate of drug-likeness (QED) is 0.528. The van der Waals surface area contributed by atoms with Gasteiger partial charge in [-0.1, -0.05) is 78.4 Å². The van der Waals surface area contributed by atoms with Gasteiger partial charge in [0.1, 0.15) is 0 Å². The number of Topliss-reactive ketones (excluding diaryl/α,β-unsaturated/α-hetero) is 1. The summed E-state index contributed by atoms with van der Waals surface area (Å²) in [5.74, 6) is -2.38. The molecule has 3 aromatic carbocycles. The topological polar surface area (TPSA) is 59.0 Å². The predicted molar refractivity (Wildman–Crippen MR) is 125 cm³/mol. The number of fused-ring (bicyclic) bond motifs is 3. The molecular weight excluding hydrogens is 457 g/mol. The number of aliphatic imine (C=N–C) groups is 1. The van der Waals surface area contributed by atoms with E-state index in [1.807, 2.05) is 24.3 Å². The number of carbonyl (C=O) groups excluding carboxylic acids is 2. The van der Waals surface area contributed by atoms with Crippen molar-refractivity contribution in [1.82, 2.24) is 4.90 Å². The van der Waals surface area contributed by atoms with E-state index in [1.165, 1.54) is 5.56 Å². The third-order valence-corrected chi connectivity index (χ3v) is 5.68. The number of alkyl halides is 3. The van der Waals surface area contributed by atoms with Crippen molar-refractivity contribution in [2.75, 3.05) is 6.54 Å². The van der Waals surface area contributed by atoms with Crippen molar-refractivity contribution >= 4 is 17.6 Å². The minimum atomic E-state index is -5.00. The average molecular weight is 480 g/mol. The van der Waals surface area contributed by atoms with Crippen molar-refractivity contribution in [3.8, 4) is 0 Å². The van der Waals surface area contributed by atoms with Gasteiger partial charge in [-0.3, -0.25) is 9.59 Å². The van der Waals surface area contributed by atoms with Gasteiger partial charge in [-0.25, -0.2) is 4.99 Å². The molecule has 2 heterocycles. The van der Waals surface area contributed by atoms with Crippen LogP contribution in [0.3, 0.4) is 0 Å². The van der Waals surface area contributed by atoms with Crippen molar-refractivity contribution in [3.63, 3.8) is 0 Å². The van der Waals surface area contributed by atoms with Crippen LogP contribution in [0.25, 0.3) is 0 Å². The molecule has 2 aliphatic heterocycles. The average Bonchev–Trinajstić information content (AvgIpc) is 3.26. The van der Waals surface area contributed by atoms with Gasteiger partial charge < -0.3 is 9.64 Å². The van der Waals surface area contributed by atoms with E-state index in [-0.39, 0.29) is 12.4 Å². The van der Waals surface area contributed by atoms with E-state index in [1.54, 1.807) is 48.5 Å². The number of nitrogens with zero attached hydrogens (tertiary/aromatic N) is 2. The molecule has 3 aromatic rings. The Labute approximate surface area is 200 Å². The van der Waals surface area contributed by atoms with Crippen LogP contribution in [-0.4, -0.2) is 41.3 Å². The smallest absolute Gasteiger partial charge is 0.451 e. The van der Waals surface area contributed by atoms with Gasteiger partial charge in [-0.2, -0.15) is 13.2 Å². The molecule has 2 atom stereocenters. The number of ether oxygens (including phenoxy) is 1. The summed E-state index contributed by atoms with van der Waals surface area (Å²) in [5, 5.41) is 0. The number of carbonyl (C=O) groups is 2. The van der Waals surface area contributed by atoms with E-state index in [4.69, 9.17) is 4.74 Å². The number of amides is 1. The number of hydrogen-bond donors (Lipinski definition) is 0. The molecule has 0 radical (unpaired) electrons. The first-order chi connectivity index (χ1) is 16.7. The zero-order valence-electron chi connectivity index (χ0n) is 18.9. The molecule has 0 N–H and O–H groups in total. The number of hydrogen-bond acceptors (Lipinski definition) is 4. The number of halogens is 3. The van der Waals surface area contributed by atoms with Crippen LogP contribution in [-0.2, 0) is 20.9 Å². The van der Waals surface area contributed by atoms with Gasteiger partial charge in [-0.15, -0.1) is 0 Å². The second kappa shape index (κ2) is 10.1. The highest BCUT2D eigenvalue weighted by molar-refractivity contribution is 6.00. The number of aryl methyl sites for hydroxylation is 1. The van der Waals surface area contributed by atoms with Crippen molar-refractivity contribution in [2.24, 2.45) is 4.99 Å². The maximum Gasteiger partial charge on any atom is 0.451 e.